The predicted molar refractivity (Wildman–Crippen MR) is 67.5 cm³/mol. The van der Waals surface area contributed by atoms with Crippen molar-refractivity contribution in [2.75, 3.05) is 0 Å². The lowest BCUT2D eigenvalue weighted by atomic mass is 9.84. The highest BCUT2D eigenvalue weighted by Gasteiger charge is 2.25. The maximum absolute atomic E-state index is 12.2. The number of Topliss-reactive ketones (excluding diaryl/α,β-unsaturated/α-hetero) is 1. The van der Waals surface area contributed by atoms with Crippen LogP contribution in [0.5, 0.6) is 0 Å². The van der Waals surface area contributed by atoms with E-state index in [1.165, 1.54) is 0 Å². The van der Waals surface area contributed by atoms with E-state index in [2.05, 4.69) is 5.73 Å². The van der Waals surface area contributed by atoms with Crippen molar-refractivity contribution in [1.82, 2.24) is 0 Å². The van der Waals surface area contributed by atoms with Crippen LogP contribution in [-0.2, 0) is 0 Å². The molecule has 0 radical (unpaired) electrons. The molecule has 0 atom stereocenters. The second-order valence-electron chi connectivity index (χ2n) is 4.71. The molecule has 0 heterocycles. The molecule has 0 aliphatic rings. The number of allylic oxidation sites excluding steroid dienone is 1. The highest BCUT2D eigenvalue weighted by atomic mass is 16.1. The van der Waals surface area contributed by atoms with Crippen LogP contribution in [0.4, 0.5) is 0 Å². The predicted octanol–water partition coefficient (Wildman–Crippen LogP) is 4.02. The van der Waals surface area contributed by atoms with Crippen LogP contribution in [-0.4, -0.2) is 5.78 Å². The van der Waals surface area contributed by atoms with E-state index in [4.69, 9.17) is 0 Å². The van der Waals surface area contributed by atoms with Gasteiger partial charge in [0.1, 0.15) is 0 Å². The van der Waals surface area contributed by atoms with Gasteiger partial charge in [0.2, 0.25) is 0 Å². The van der Waals surface area contributed by atoms with Crippen molar-refractivity contribution in [1.29, 1.82) is 0 Å². The van der Waals surface area contributed by atoms with Gasteiger partial charge in [-0.25, -0.2) is 0 Å². The minimum Gasteiger partial charge on any atom is -0.293 e. The SMILES string of the molecule is CC(C)=C=CC(C)(C)C(=O)c1ccccc1. The number of rotatable bonds is 3. The normalized spacial score (nSPS) is 10.5. The number of carbonyl (C=O) groups is 1. The monoisotopic (exact) mass is 214 g/mol. The minimum absolute atomic E-state index is 0.127. The lowest BCUT2D eigenvalue weighted by Gasteiger charge is -2.17. The third kappa shape index (κ3) is 3.22. The number of hydrogen-bond acceptors (Lipinski definition) is 1. The maximum atomic E-state index is 12.2. The third-order valence-corrected chi connectivity index (χ3v) is 2.34. The topological polar surface area (TPSA) is 17.1 Å². The van der Waals surface area contributed by atoms with Gasteiger partial charge in [-0.05, 0) is 39.3 Å². The van der Waals surface area contributed by atoms with Gasteiger partial charge in [-0.15, -0.1) is 5.73 Å². The van der Waals surface area contributed by atoms with Crippen molar-refractivity contribution < 1.29 is 4.79 Å². The summed E-state index contributed by atoms with van der Waals surface area (Å²) >= 11 is 0. The van der Waals surface area contributed by atoms with E-state index >= 15 is 0 Å². The average Bonchev–Trinajstić information content (AvgIpc) is 2.27. The molecule has 1 heteroatoms. The summed E-state index contributed by atoms with van der Waals surface area (Å²) in [4.78, 5) is 12.2. The second-order valence-corrected chi connectivity index (χ2v) is 4.71. The first kappa shape index (κ1) is 12.5. The molecule has 0 bridgehead atoms. The summed E-state index contributed by atoms with van der Waals surface area (Å²) in [7, 11) is 0. The molecule has 16 heavy (non-hydrogen) atoms. The summed E-state index contributed by atoms with van der Waals surface area (Å²) in [5.41, 5.74) is 4.43. The fraction of sp³-hybridized carbons (Fsp3) is 0.333. The van der Waals surface area contributed by atoms with Crippen LogP contribution in [0.2, 0.25) is 0 Å². The summed E-state index contributed by atoms with van der Waals surface area (Å²) in [6.45, 7) is 7.77. The van der Waals surface area contributed by atoms with Crippen molar-refractivity contribution in [3.8, 4) is 0 Å². The Balaban J connectivity index is 3.02. The molecule has 0 fully saturated rings. The lowest BCUT2D eigenvalue weighted by Crippen LogP contribution is -2.21. The van der Waals surface area contributed by atoms with Gasteiger partial charge in [0.25, 0.3) is 0 Å². The van der Waals surface area contributed by atoms with Crippen molar-refractivity contribution in [3.05, 3.63) is 53.3 Å². The Bertz CT molecular complexity index is 428. The van der Waals surface area contributed by atoms with Crippen LogP contribution >= 0.6 is 0 Å². The van der Waals surface area contributed by atoms with E-state index in [9.17, 15) is 4.79 Å². The highest BCUT2D eigenvalue weighted by Crippen LogP contribution is 2.23. The van der Waals surface area contributed by atoms with Crippen molar-refractivity contribution in [2.45, 2.75) is 27.7 Å². The molecule has 0 N–H and O–H groups in total. The first-order valence-corrected chi connectivity index (χ1v) is 5.44. The molecule has 1 aromatic rings. The molecule has 0 saturated heterocycles. The Morgan fingerprint density at radius 3 is 2.25 bits per heavy atom. The smallest absolute Gasteiger partial charge is 0.172 e. The van der Waals surface area contributed by atoms with Gasteiger partial charge < -0.3 is 0 Å². The first-order valence-electron chi connectivity index (χ1n) is 5.44. The Labute approximate surface area is 97.5 Å². The fourth-order valence-electron chi connectivity index (χ4n) is 1.35. The van der Waals surface area contributed by atoms with Gasteiger partial charge in [0, 0.05) is 5.56 Å². The molecule has 0 amide bonds. The molecule has 1 aromatic carbocycles. The molecule has 0 spiro atoms. The zero-order chi connectivity index (χ0) is 12.2. The van der Waals surface area contributed by atoms with E-state index in [1.807, 2.05) is 64.1 Å². The minimum atomic E-state index is -0.501. The molecule has 0 saturated carbocycles. The molecular formula is C15H18O. The molecule has 0 aromatic heterocycles. The third-order valence-electron chi connectivity index (χ3n) is 2.34. The van der Waals surface area contributed by atoms with E-state index in [0.717, 1.165) is 11.1 Å². The average molecular weight is 214 g/mol. The summed E-state index contributed by atoms with van der Waals surface area (Å²) < 4.78 is 0. The zero-order valence-corrected chi connectivity index (χ0v) is 10.4. The molecule has 0 aliphatic carbocycles. The molecule has 1 rings (SSSR count). The van der Waals surface area contributed by atoms with Crippen molar-refractivity contribution in [2.24, 2.45) is 5.41 Å². The van der Waals surface area contributed by atoms with Crippen molar-refractivity contribution in [3.63, 3.8) is 0 Å². The van der Waals surface area contributed by atoms with Gasteiger partial charge in [-0.1, -0.05) is 30.3 Å². The van der Waals surface area contributed by atoms with E-state index in [-0.39, 0.29) is 5.78 Å². The molecule has 0 aliphatic heterocycles. The van der Waals surface area contributed by atoms with Crippen LogP contribution in [0.1, 0.15) is 38.1 Å². The first-order chi connectivity index (χ1) is 7.43. The molecule has 84 valence electrons. The Kier molecular flexibility index (Phi) is 3.87. The summed E-state index contributed by atoms with van der Waals surface area (Å²) in [6, 6.07) is 9.37. The maximum Gasteiger partial charge on any atom is 0.172 e. The summed E-state index contributed by atoms with van der Waals surface area (Å²) in [6.07, 6.45) is 1.84. The van der Waals surface area contributed by atoms with Gasteiger partial charge in [-0.2, -0.15) is 0 Å². The highest BCUT2D eigenvalue weighted by molar-refractivity contribution is 6.01. The number of benzene rings is 1. The van der Waals surface area contributed by atoms with Gasteiger partial charge >= 0.3 is 0 Å². The van der Waals surface area contributed by atoms with Crippen molar-refractivity contribution >= 4 is 5.78 Å². The molecular weight excluding hydrogens is 196 g/mol. The van der Waals surface area contributed by atoms with E-state index < -0.39 is 5.41 Å². The summed E-state index contributed by atoms with van der Waals surface area (Å²) in [5.74, 6) is 0.127. The number of hydrogen-bond donors (Lipinski definition) is 0. The van der Waals surface area contributed by atoms with Crippen LogP contribution in [0.25, 0.3) is 0 Å². The Hall–Kier alpha value is -1.59. The van der Waals surface area contributed by atoms with Gasteiger partial charge in [0.05, 0.1) is 5.41 Å². The largest absolute Gasteiger partial charge is 0.293 e. The molecule has 1 nitrogen and oxygen atoms in total. The fourth-order valence-corrected chi connectivity index (χ4v) is 1.35. The molecule has 0 unspecified atom stereocenters. The van der Waals surface area contributed by atoms with Gasteiger partial charge in [-0.3, -0.25) is 4.79 Å². The van der Waals surface area contributed by atoms with E-state index in [0.29, 0.717) is 0 Å². The quantitative estimate of drug-likeness (QED) is 0.548. The standard InChI is InChI=1S/C15H18O/c1-12(2)10-11-15(3,4)14(16)13-8-6-5-7-9-13/h5-9,11H,1-4H3. The summed E-state index contributed by atoms with van der Waals surface area (Å²) in [5, 5.41) is 0. The van der Waals surface area contributed by atoms with Crippen LogP contribution in [0.3, 0.4) is 0 Å². The number of carbonyl (C=O) groups excluding carboxylic acids is 1. The zero-order valence-electron chi connectivity index (χ0n) is 10.4. The van der Waals surface area contributed by atoms with Crippen LogP contribution in [0.15, 0.2) is 47.7 Å². The van der Waals surface area contributed by atoms with Gasteiger partial charge in [0.15, 0.2) is 5.78 Å². The number of ketones is 1. The van der Waals surface area contributed by atoms with Crippen LogP contribution in [0, 0.1) is 5.41 Å². The van der Waals surface area contributed by atoms with E-state index in [1.54, 1.807) is 0 Å². The Morgan fingerprint density at radius 1 is 1.19 bits per heavy atom. The van der Waals surface area contributed by atoms with Crippen LogP contribution < -0.4 is 0 Å². The lowest BCUT2D eigenvalue weighted by molar-refractivity contribution is 0.0885. The second kappa shape index (κ2) is 4.96. The Morgan fingerprint density at radius 2 is 1.75 bits per heavy atom.